The Hall–Kier alpha value is -0.370. The van der Waals surface area contributed by atoms with Gasteiger partial charge in [0.2, 0.25) is 0 Å². The monoisotopic (exact) mass is 182 g/mol. The first kappa shape index (κ1) is 9.20. The summed E-state index contributed by atoms with van der Waals surface area (Å²) >= 11 is 0. The van der Waals surface area contributed by atoms with Crippen molar-refractivity contribution < 1.29 is 9.53 Å². The van der Waals surface area contributed by atoms with Gasteiger partial charge < -0.3 is 9.53 Å². The molecule has 0 radical (unpaired) electrons. The maximum atomic E-state index is 10.5. The fourth-order valence-corrected chi connectivity index (χ4v) is 2.59. The number of rotatable bonds is 3. The summed E-state index contributed by atoms with van der Waals surface area (Å²) in [5.74, 6) is 2.63. The Labute approximate surface area is 79.7 Å². The predicted octanol–water partition coefficient (Wildman–Crippen LogP) is 1.88. The van der Waals surface area contributed by atoms with Crippen molar-refractivity contribution in [3.63, 3.8) is 0 Å². The second-order valence-electron chi connectivity index (χ2n) is 4.51. The first-order chi connectivity index (χ1) is 6.33. The zero-order valence-corrected chi connectivity index (χ0v) is 8.24. The second kappa shape index (κ2) is 3.79. The molecule has 74 valence electrons. The fraction of sp³-hybridized carbons (Fsp3) is 0.909. The van der Waals surface area contributed by atoms with Gasteiger partial charge in [-0.3, -0.25) is 0 Å². The molecule has 0 aromatic carbocycles. The van der Waals surface area contributed by atoms with Gasteiger partial charge in [0.05, 0.1) is 0 Å². The Kier molecular flexibility index (Phi) is 2.68. The standard InChI is InChI=1S/C11H18O2/c1-8(11-6-10(11)7-12)9-2-4-13-5-3-9/h7-11H,2-6H2,1H3/t8-,10+,11+/m1/s1. The molecular formula is C11H18O2. The van der Waals surface area contributed by atoms with Gasteiger partial charge in [0.1, 0.15) is 6.29 Å². The molecule has 2 fully saturated rings. The summed E-state index contributed by atoms with van der Waals surface area (Å²) in [7, 11) is 0. The SMILES string of the molecule is C[C@H](C1CCOCC1)[C@@H]1C[C@H]1C=O. The zero-order chi connectivity index (χ0) is 9.26. The molecule has 2 heteroatoms. The molecule has 1 aliphatic heterocycles. The minimum Gasteiger partial charge on any atom is -0.381 e. The van der Waals surface area contributed by atoms with E-state index in [2.05, 4.69) is 6.92 Å². The third-order valence-electron chi connectivity index (χ3n) is 3.75. The highest BCUT2D eigenvalue weighted by molar-refractivity contribution is 5.58. The molecule has 0 aromatic rings. The van der Waals surface area contributed by atoms with Gasteiger partial charge in [-0.15, -0.1) is 0 Å². The lowest BCUT2D eigenvalue weighted by Gasteiger charge is -2.27. The van der Waals surface area contributed by atoms with Crippen molar-refractivity contribution in [1.82, 2.24) is 0 Å². The van der Waals surface area contributed by atoms with E-state index in [0.29, 0.717) is 11.8 Å². The van der Waals surface area contributed by atoms with Crippen molar-refractivity contribution in [3.05, 3.63) is 0 Å². The van der Waals surface area contributed by atoms with E-state index in [1.807, 2.05) is 0 Å². The third-order valence-corrected chi connectivity index (χ3v) is 3.75. The van der Waals surface area contributed by atoms with E-state index in [0.717, 1.165) is 37.8 Å². The lowest BCUT2D eigenvalue weighted by atomic mass is 9.83. The summed E-state index contributed by atoms with van der Waals surface area (Å²) < 4.78 is 5.33. The molecule has 2 rings (SSSR count). The van der Waals surface area contributed by atoms with Crippen LogP contribution in [0.1, 0.15) is 26.2 Å². The third kappa shape index (κ3) is 1.93. The minimum absolute atomic E-state index is 0.387. The van der Waals surface area contributed by atoms with Crippen LogP contribution in [0.25, 0.3) is 0 Å². The van der Waals surface area contributed by atoms with E-state index < -0.39 is 0 Å². The fourth-order valence-electron chi connectivity index (χ4n) is 2.59. The average Bonchev–Trinajstić information content (AvgIpc) is 2.97. The van der Waals surface area contributed by atoms with Crippen LogP contribution in [0.5, 0.6) is 0 Å². The van der Waals surface area contributed by atoms with E-state index in [-0.39, 0.29) is 0 Å². The van der Waals surface area contributed by atoms with Crippen LogP contribution in [0, 0.1) is 23.7 Å². The molecule has 2 aliphatic rings. The Morgan fingerprint density at radius 1 is 1.38 bits per heavy atom. The molecule has 1 heterocycles. The molecule has 0 spiro atoms. The zero-order valence-electron chi connectivity index (χ0n) is 8.24. The molecular weight excluding hydrogens is 164 g/mol. The van der Waals surface area contributed by atoms with E-state index in [4.69, 9.17) is 4.74 Å². The lowest BCUT2D eigenvalue weighted by Crippen LogP contribution is -2.23. The quantitative estimate of drug-likeness (QED) is 0.623. The highest BCUT2D eigenvalue weighted by Crippen LogP contribution is 2.47. The van der Waals surface area contributed by atoms with Crippen LogP contribution in [-0.2, 0) is 9.53 Å². The number of carbonyl (C=O) groups excluding carboxylic acids is 1. The smallest absolute Gasteiger partial charge is 0.123 e. The molecule has 2 nitrogen and oxygen atoms in total. The molecule has 0 N–H and O–H groups in total. The topological polar surface area (TPSA) is 26.3 Å². The van der Waals surface area contributed by atoms with Crippen LogP contribution in [-0.4, -0.2) is 19.5 Å². The summed E-state index contributed by atoms with van der Waals surface area (Å²) in [4.78, 5) is 10.5. The molecule has 0 bridgehead atoms. The van der Waals surface area contributed by atoms with Crippen LogP contribution in [0.15, 0.2) is 0 Å². The summed E-state index contributed by atoms with van der Waals surface area (Å²) in [6, 6.07) is 0. The van der Waals surface area contributed by atoms with E-state index in [1.165, 1.54) is 12.8 Å². The Morgan fingerprint density at radius 2 is 2.08 bits per heavy atom. The molecule has 0 unspecified atom stereocenters. The predicted molar refractivity (Wildman–Crippen MR) is 50.4 cm³/mol. The summed E-state index contributed by atoms with van der Waals surface area (Å²) in [5, 5.41) is 0. The van der Waals surface area contributed by atoms with Crippen molar-refractivity contribution >= 4 is 6.29 Å². The number of aldehydes is 1. The molecule has 1 aliphatic carbocycles. The Morgan fingerprint density at radius 3 is 2.62 bits per heavy atom. The van der Waals surface area contributed by atoms with Gasteiger partial charge in [-0.05, 0) is 37.0 Å². The van der Waals surface area contributed by atoms with Crippen LogP contribution < -0.4 is 0 Å². The Balaban J connectivity index is 1.82. The minimum atomic E-state index is 0.387. The van der Waals surface area contributed by atoms with E-state index >= 15 is 0 Å². The summed E-state index contributed by atoms with van der Waals surface area (Å²) in [5.41, 5.74) is 0. The van der Waals surface area contributed by atoms with Gasteiger partial charge in [-0.25, -0.2) is 0 Å². The summed E-state index contributed by atoms with van der Waals surface area (Å²) in [6.45, 7) is 4.16. The van der Waals surface area contributed by atoms with Crippen LogP contribution in [0.3, 0.4) is 0 Å². The maximum absolute atomic E-state index is 10.5. The largest absolute Gasteiger partial charge is 0.381 e. The Bertz CT molecular complexity index is 185. The second-order valence-corrected chi connectivity index (χ2v) is 4.51. The van der Waals surface area contributed by atoms with Gasteiger partial charge in [0.15, 0.2) is 0 Å². The van der Waals surface area contributed by atoms with Gasteiger partial charge in [0.25, 0.3) is 0 Å². The molecule has 0 amide bonds. The van der Waals surface area contributed by atoms with Gasteiger partial charge in [-0.1, -0.05) is 6.92 Å². The molecule has 0 aromatic heterocycles. The molecule has 1 saturated heterocycles. The first-order valence-electron chi connectivity index (χ1n) is 5.36. The normalized spacial score (nSPS) is 37.0. The number of hydrogen-bond donors (Lipinski definition) is 0. The van der Waals surface area contributed by atoms with Crippen LogP contribution >= 0.6 is 0 Å². The highest BCUT2D eigenvalue weighted by atomic mass is 16.5. The average molecular weight is 182 g/mol. The highest BCUT2D eigenvalue weighted by Gasteiger charge is 2.43. The van der Waals surface area contributed by atoms with Crippen molar-refractivity contribution in [3.8, 4) is 0 Å². The molecule has 13 heavy (non-hydrogen) atoms. The maximum Gasteiger partial charge on any atom is 0.123 e. The van der Waals surface area contributed by atoms with Crippen LogP contribution in [0.2, 0.25) is 0 Å². The molecule has 3 atom stereocenters. The van der Waals surface area contributed by atoms with Crippen molar-refractivity contribution in [2.24, 2.45) is 23.7 Å². The number of carbonyl (C=O) groups is 1. The van der Waals surface area contributed by atoms with Gasteiger partial charge >= 0.3 is 0 Å². The summed E-state index contributed by atoms with van der Waals surface area (Å²) in [6.07, 6.45) is 4.68. The van der Waals surface area contributed by atoms with E-state index in [9.17, 15) is 4.79 Å². The van der Waals surface area contributed by atoms with Crippen LogP contribution in [0.4, 0.5) is 0 Å². The van der Waals surface area contributed by atoms with Crippen molar-refractivity contribution in [2.45, 2.75) is 26.2 Å². The first-order valence-corrected chi connectivity index (χ1v) is 5.36. The van der Waals surface area contributed by atoms with Crippen molar-refractivity contribution in [2.75, 3.05) is 13.2 Å². The molecule has 1 saturated carbocycles. The van der Waals surface area contributed by atoms with E-state index in [1.54, 1.807) is 0 Å². The van der Waals surface area contributed by atoms with Gasteiger partial charge in [0, 0.05) is 19.1 Å². The van der Waals surface area contributed by atoms with Crippen molar-refractivity contribution in [1.29, 1.82) is 0 Å². The lowest BCUT2D eigenvalue weighted by molar-refractivity contribution is -0.109. The number of ether oxygens (including phenoxy) is 1. The van der Waals surface area contributed by atoms with Gasteiger partial charge in [-0.2, -0.15) is 0 Å². The number of hydrogen-bond acceptors (Lipinski definition) is 2.